The molecule has 1 atom stereocenters. The summed E-state index contributed by atoms with van der Waals surface area (Å²) in [6, 6.07) is 11.2. The molecule has 1 saturated carbocycles. The van der Waals surface area contributed by atoms with Crippen molar-refractivity contribution in [1.29, 1.82) is 0 Å². The molecule has 2 N–H and O–H groups in total. The van der Waals surface area contributed by atoms with Gasteiger partial charge in [-0.05, 0) is 24.8 Å². The smallest absolute Gasteiger partial charge is 0.0626 e. The maximum absolute atomic E-state index is 9.69. The van der Waals surface area contributed by atoms with Crippen molar-refractivity contribution in [3.05, 3.63) is 35.9 Å². The Morgan fingerprint density at radius 2 is 2.06 bits per heavy atom. The summed E-state index contributed by atoms with van der Waals surface area (Å²) in [5, 5.41) is 13.3. The summed E-state index contributed by atoms with van der Waals surface area (Å²) in [7, 11) is 0. The molecule has 1 aliphatic heterocycles. The van der Waals surface area contributed by atoms with Crippen LogP contribution in [0.25, 0.3) is 0 Å². The number of likely N-dealkylation sites (tertiary alicyclic amines) is 1. The molecule has 98 valence electrons. The first kappa shape index (κ1) is 12.2. The fourth-order valence-electron chi connectivity index (χ4n) is 2.89. The molecule has 1 aromatic rings. The van der Waals surface area contributed by atoms with Crippen molar-refractivity contribution in [3.63, 3.8) is 0 Å². The minimum absolute atomic E-state index is 0.0457. The minimum atomic E-state index is -0.0457. The molecule has 0 amide bonds. The van der Waals surface area contributed by atoms with E-state index in [9.17, 15) is 5.11 Å². The lowest BCUT2D eigenvalue weighted by Crippen LogP contribution is -2.51. The van der Waals surface area contributed by atoms with Crippen LogP contribution < -0.4 is 5.32 Å². The van der Waals surface area contributed by atoms with Gasteiger partial charge < -0.3 is 10.4 Å². The first-order chi connectivity index (χ1) is 8.80. The Morgan fingerprint density at radius 3 is 2.72 bits per heavy atom. The van der Waals surface area contributed by atoms with E-state index in [1.54, 1.807) is 0 Å². The zero-order valence-corrected chi connectivity index (χ0v) is 10.8. The highest BCUT2D eigenvalue weighted by molar-refractivity contribution is 5.15. The molecule has 3 heteroatoms. The van der Waals surface area contributed by atoms with Gasteiger partial charge in [0.25, 0.3) is 0 Å². The second-order valence-electron chi connectivity index (χ2n) is 5.80. The second-order valence-corrected chi connectivity index (χ2v) is 5.80. The first-order valence-electron chi connectivity index (χ1n) is 6.94. The molecule has 0 spiro atoms. The van der Waals surface area contributed by atoms with Crippen LogP contribution in [0.3, 0.4) is 0 Å². The van der Waals surface area contributed by atoms with Gasteiger partial charge in [-0.15, -0.1) is 0 Å². The van der Waals surface area contributed by atoms with E-state index in [0.717, 1.165) is 26.1 Å². The van der Waals surface area contributed by atoms with Gasteiger partial charge >= 0.3 is 0 Å². The number of hydrogen-bond donors (Lipinski definition) is 2. The van der Waals surface area contributed by atoms with E-state index in [1.807, 2.05) is 0 Å². The molecular formula is C15H22N2O. The Balaban J connectivity index is 1.59. The fourth-order valence-corrected chi connectivity index (χ4v) is 2.89. The monoisotopic (exact) mass is 246 g/mol. The number of hydrogen-bond acceptors (Lipinski definition) is 3. The van der Waals surface area contributed by atoms with Crippen LogP contribution in [-0.4, -0.2) is 41.3 Å². The number of nitrogens with zero attached hydrogens (tertiary/aromatic N) is 1. The number of nitrogens with one attached hydrogen (secondary N) is 1. The Labute approximate surface area is 109 Å². The van der Waals surface area contributed by atoms with Crippen molar-refractivity contribution < 1.29 is 5.11 Å². The molecule has 1 unspecified atom stereocenters. The van der Waals surface area contributed by atoms with Crippen LogP contribution in [0.4, 0.5) is 0 Å². The zero-order chi connectivity index (χ0) is 12.4. The van der Waals surface area contributed by atoms with Gasteiger partial charge in [0.05, 0.1) is 12.1 Å². The van der Waals surface area contributed by atoms with Gasteiger partial charge in [-0.25, -0.2) is 0 Å². The Bertz CT molecular complexity index is 391. The quantitative estimate of drug-likeness (QED) is 0.824. The topological polar surface area (TPSA) is 35.5 Å². The Hall–Kier alpha value is -0.900. The molecule has 2 fully saturated rings. The maximum atomic E-state index is 9.69. The average molecular weight is 246 g/mol. The van der Waals surface area contributed by atoms with Crippen molar-refractivity contribution >= 4 is 0 Å². The van der Waals surface area contributed by atoms with Crippen molar-refractivity contribution in [3.8, 4) is 0 Å². The SMILES string of the molecule is OCC1(NC2CC2)CCN(Cc2ccccc2)C1. The number of rotatable bonds is 5. The summed E-state index contributed by atoms with van der Waals surface area (Å²) in [5.74, 6) is 0. The largest absolute Gasteiger partial charge is 0.394 e. The third-order valence-electron chi connectivity index (χ3n) is 4.07. The molecule has 1 saturated heterocycles. The van der Waals surface area contributed by atoms with E-state index < -0.39 is 0 Å². The van der Waals surface area contributed by atoms with Crippen LogP contribution in [0.15, 0.2) is 30.3 Å². The van der Waals surface area contributed by atoms with Gasteiger partial charge in [0.15, 0.2) is 0 Å². The first-order valence-corrected chi connectivity index (χ1v) is 6.94. The van der Waals surface area contributed by atoms with E-state index >= 15 is 0 Å². The molecular weight excluding hydrogens is 224 g/mol. The highest BCUT2D eigenvalue weighted by Crippen LogP contribution is 2.28. The Morgan fingerprint density at radius 1 is 1.28 bits per heavy atom. The van der Waals surface area contributed by atoms with Crippen LogP contribution in [0.2, 0.25) is 0 Å². The molecule has 1 heterocycles. The highest BCUT2D eigenvalue weighted by atomic mass is 16.3. The number of aliphatic hydroxyl groups is 1. The molecule has 0 aromatic heterocycles. The number of aliphatic hydroxyl groups excluding tert-OH is 1. The predicted molar refractivity (Wildman–Crippen MR) is 72.3 cm³/mol. The predicted octanol–water partition coefficient (Wildman–Crippen LogP) is 1.38. The van der Waals surface area contributed by atoms with Gasteiger partial charge in [0, 0.05) is 25.7 Å². The van der Waals surface area contributed by atoms with E-state index in [1.165, 1.54) is 18.4 Å². The van der Waals surface area contributed by atoms with Crippen molar-refractivity contribution in [2.45, 2.75) is 37.4 Å². The minimum Gasteiger partial charge on any atom is -0.394 e. The van der Waals surface area contributed by atoms with Gasteiger partial charge in [0.1, 0.15) is 0 Å². The van der Waals surface area contributed by atoms with Gasteiger partial charge in [0.2, 0.25) is 0 Å². The third kappa shape index (κ3) is 2.74. The van der Waals surface area contributed by atoms with Crippen molar-refractivity contribution in [2.75, 3.05) is 19.7 Å². The van der Waals surface area contributed by atoms with Crippen molar-refractivity contribution in [1.82, 2.24) is 10.2 Å². The molecule has 0 bridgehead atoms. The lowest BCUT2D eigenvalue weighted by Gasteiger charge is -2.29. The van der Waals surface area contributed by atoms with E-state index in [-0.39, 0.29) is 12.1 Å². The van der Waals surface area contributed by atoms with Gasteiger partial charge in [-0.2, -0.15) is 0 Å². The molecule has 18 heavy (non-hydrogen) atoms. The molecule has 1 aromatic carbocycles. The molecule has 0 radical (unpaired) electrons. The van der Waals surface area contributed by atoms with Crippen LogP contribution in [-0.2, 0) is 6.54 Å². The molecule has 3 rings (SSSR count). The summed E-state index contributed by atoms with van der Waals surface area (Å²) in [4.78, 5) is 2.45. The van der Waals surface area contributed by atoms with Crippen LogP contribution in [0.5, 0.6) is 0 Å². The zero-order valence-electron chi connectivity index (χ0n) is 10.8. The summed E-state index contributed by atoms with van der Waals surface area (Å²) in [6.07, 6.45) is 3.62. The summed E-state index contributed by atoms with van der Waals surface area (Å²) < 4.78 is 0. The maximum Gasteiger partial charge on any atom is 0.0626 e. The van der Waals surface area contributed by atoms with Crippen LogP contribution in [0.1, 0.15) is 24.8 Å². The molecule has 3 nitrogen and oxygen atoms in total. The van der Waals surface area contributed by atoms with E-state index in [2.05, 4.69) is 40.5 Å². The van der Waals surface area contributed by atoms with Crippen LogP contribution >= 0.6 is 0 Å². The molecule has 1 aliphatic carbocycles. The van der Waals surface area contributed by atoms with Crippen LogP contribution in [0, 0.1) is 0 Å². The summed E-state index contributed by atoms with van der Waals surface area (Å²) in [6.45, 7) is 3.30. The summed E-state index contributed by atoms with van der Waals surface area (Å²) in [5.41, 5.74) is 1.31. The van der Waals surface area contributed by atoms with E-state index in [4.69, 9.17) is 0 Å². The Kier molecular flexibility index (Phi) is 3.37. The normalized spacial score (nSPS) is 28.7. The fraction of sp³-hybridized carbons (Fsp3) is 0.600. The van der Waals surface area contributed by atoms with E-state index in [0.29, 0.717) is 6.04 Å². The lowest BCUT2D eigenvalue weighted by atomic mass is 10.00. The van der Waals surface area contributed by atoms with Gasteiger partial charge in [-0.1, -0.05) is 30.3 Å². The van der Waals surface area contributed by atoms with Gasteiger partial charge in [-0.3, -0.25) is 4.90 Å². The molecule has 2 aliphatic rings. The number of benzene rings is 1. The second kappa shape index (κ2) is 5.00. The van der Waals surface area contributed by atoms with Crippen molar-refractivity contribution in [2.24, 2.45) is 0 Å². The third-order valence-corrected chi connectivity index (χ3v) is 4.07. The summed E-state index contributed by atoms with van der Waals surface area (Å²) >= 11 is 0. The average Bonchev–Trinajstić information content (AvgIpc) is 3.12. The highest BCUT2D eigenvalue weighted by Gasteiger charge is 2.41. The standard InChI is InChI=1S/C15H22N2O/c18-12-15(16-14-6-7-14)8-9-17(11-15)10-13-4-2-1-3-5-13/h1-5,14,16,18H,6-12H2. The lowest BCUT2D eigenvalue weighted by molar-refractivity contribution is 0.157.